The number of para-hydroxylation sites is 2. The standard InChI is InChI=1S/C22H25N3O2/c23-18-12-10-16(11-13-18)14-24-19-8-4-5-9-20(19)25(22(24)27)15-21(26)17-6-2-1-3-7-17/h1-9,16,18H,10-15,23H2/t16-,18-. The Bertz CT molecular complexity index is 995. The normalized spacial score (nSPS) is 20.0. The van der Waals surface area contributed by atoms with Crippen LogP contribution in [0, 0.1) is 5.92 Å². The average Bonchev–Trinajstić information content (AvgIpc) is 2.96. The molecular formula is C22H25N3O2. The van der Waals surface area contributed by atoms with Gasteiger partial charge in [0, 0.05) is 18.2 Å². The molecule has 5 heteroatoms. The highest BCUT2D eigenvalue weighted by molar-refractivity contribution is 5.96. The third kappa shape index (κ3) is 3.60. The molecule has 2 N–H and O–H groups in total. The molecule has 140 valence electrons. The number of nitrogens with two attached hydrogens (primary N) is 1. The summed E-state index contributed by atoms with van der Waals surface area (Å²) in [5.41, 5.74) is 8.26. The quantitative estimate of drug-likeness (QED) is 0.708. The van der Waals surface area contributed by atoms with Gasteiger partial charge in [-0.3, -0.25) is 13.9 Å². The van der Waals surface area contributed by atoms with E-state index in [4.69, 9.17) is 5.73 Å². The van der Waals surface area contributed by atoms with Gasteiger partial charge in [-0.1, -0.05) is 42.5 Å². The predicted octanol–water partition coefficient (Wildman–Crippen LogP) is 3.20. The fourth-order valence-corrected chi connectivity index (χ4v) is 4.09. The third-order valence-corrected chi connectivity index (χ3v) is 5.65. The van der Waals surface area contributed by atoms with Gasteiger partial charge in [0.1, 0.15) is 0 Å². The Morgan fingerprint density at radius 3 is 2.15 bits per heavy atom. The molecule has 3 aromatic rings. The van der Waals surface area contributed by atoms with E-state index in [-0.39, 0.29) is 18.0 Å². The van der Waals surface area contributed by atoms with Gasteiger partial charge in [0.25, 0.3) is 0 Å². The van der Waals surface area contributed by atoms with E-state index >= 15 is 0 Å². The number of fused-ring (bicyclic) bond motifs is 1. The van der Waals surface area contributed by atoms with Crippen molar-refractivity contribution in [1.82, 2.24) is 9.13 Å². The maximum atomic E-state index is 13.1. The van der Waals surface area contributed by atoms with Crippen molar-refractivity contribution in [2.45, 2.75) is 44.8 Å². The van der Waals surface area contributed by atoms with Crippen LogP contribution in [0.5, 0.6) is 0 Å². The lowest BCUT2D eigenvalue weighted by atomic mass is 9.86. The number of rotatable bonds is 5. The van der Waals surface area contributed by atoms with E-state index in [1.807, 2.05) is 47.0 Å². The average molecular weight is 363 g/mol. The zero-order valence-electron chi connectivity index (χ0n) is 15.4. The molecule has 0 amide bonds. The number of carbonyl (C=O) groups is 1. The number of imidazole rings is 1. The summed E-state index contributed by atoms with van der Waals surface area (Å²) < 4.78 is 3.45. The van der Waals surface area contributed by atoms with Crippen molar-refractivity contribution in [3.05, 3.63) is 70.6 Å². The molecule has 0 unspecified atom stereocenters. The summed E-state index contributed by atoms with van der Waals surface area (Å²) >= 11 is 0. The van der Waals surface area contributed by atoms with Gasteiger partial charge in [0.05, 0.1) is 17.6 Å². The van der Waals surface area contributed by atoms with Crippen LogP contribution in [0.1, 0.15) is 36.0 Å². The molecule has 0 atom stereocenters. The molecule has 1 aliphatic rings. The monoisotopic (exact) mass is 363 g/mol. The first-order valence-electron chi connectivity index (χ1n) is 9.65. The summed E-state index contributed by atoms with van der Waals surface area (Å²) in [6.45, 7) is 0.754. The van der Waals surface area contributed by atoms with E-state index in [2.05, 4.69) is 0 Å². The van der Waals surface area contributed by atoms with Gasteiger partial charge in [0.15, 0.2) is 5.78 Å². The van der Waals surface area contributed by atoms with E-state index in [9.17, 15) is 9.59 Å². The first-order valence-corrected chi connectivity index (χ1v) is 9.65. The molecule has 0 spiro atoms. The molecule has 1 heterocycles. The Hall–Kier alpha value is -2.66. The van der Waals surface area contributed by atoms with Gasteiger partial charge in [-0.05, 0) is 43.7 Å². The Morgan fingerprint density at radius 2 is 1.48 bits per heavy atom. The first-order chi connectivity index (χ1) is 13.1. The van der Waals surface area contributed by atoms with Crippen LogP contribution in [0.3, 0.4) is 0 Å². The highest BCUT2D eigenvalue weighted by Gasteiger charge is 2.22. The van der Waals surface area contributed by atoms with E-state index in [1.165, 1.54) is 0 Å². The van der Waals surface area contributed by atoms with Crippen LogP contribution in [0.15, 0.2) is 59.4 Å². The zero-order chi connectivity index (χ0) is 18.8. The minimum absolute atomic E-state index is 0.0516. The van der Waals surface area contributed by atoms with Gasteiger partial charge in [-0.2, -0.15) is 0 Å². The second-order valence-corrected chi connectivity index (χ2v) is 7.54. The molecule has 0 saturated heterocycles. The molecular weight excluding hydrogens is 338 g/mol. The molecule has 2 aromatic carbocycles. The highest BCUT2D eigenvalue weighted by atomic mass is 16.2. The smallest absolute Gasteiger partial charge is 0.328 e. The number of ketones is 1. The van der Waals surface area contributed by atoms with Crippen LogP contribution in [0.25, 0.3) is 11.0 Å². The zero-order valence-corrected chi connectivity index (χ0v) is 15.4. The van der Waals surface area contributed by atoms with Crippen LogP contribution in [-0.2, 0) is 13.1 Å². The molecule has 4 rings (SSSR count). The number of hydrogen-bond acceptors (Lipinski definition) is 3. The second-order valence-electron chi connectivity index (χ2n) is 7.54. The van der Waals surface area contributed by atoms with E-state index in [0.29, 0.717) is 24.1 Å². The number of aromatic nitrogens is 2. The summed E-state index contributed by atoms with van der Waals surface area (Å²) in [5, 5.41) is 0. The Morgan fingerprint density at radius 1 is 0.889 bits per heavy atom. The first kappa shape index (κ1) is 17.7. The van der Waals surface area contributed by atoms with Gasteiger partial charge < -0.3 is 5.73 Å². The Kier molecular flexibility index (Phi) is 4.94. The van der Waals surface area contributed by atoms with Gasteiger partial charge in [0.2, 0.25) is 0 Å². The maximum absolute atomic E-state index is 13.1. The summed E-state index contributed by atoms with van der Waals surface area (Å²) in [7, 11) is 0. The number of nitrogens with zero attached hydrogens (tertiary/aromatic N) is 2. The number of Topliss-reactive ketones (excluding diaryl/α,β-unsaturated/α-hetero) is 1. The van der Waals surface area contributed by atoms with Gasteiger partial charge >= 0.3 is 5.69 Å². The van der Waals surface area contributed by atoms with Crippen LogP contribution >= 0.6 is 0 Å². The van der Waals surface area contributed by atoms with Crippen LogP contribution < -0.4 is 11.4 Å². The molecule has 27 heavy (non-hydrogen) atoms. The van der Waals surface area contributed by atoms with Crippen molar-refractivity contribution < 1.29 is 4.79 Å². The number of hydrogen-bond donors (Lipinski definition) is 1. The molecule has 0 bridgehead atoms. The van der Waals surface area contributed by atoms with Crippen molar-refractivity contribution in [3.8, 4) is 0 Å². The molecule has 5 nitrogen and oxygen atoms in total. The third-order valence-electron chi connectivity index (χ3n) is 5.65. The lowest BCUT2D eigenvalue weighted by molar-refractivity contribution is 0.0972. The van der Waals surface area contributed by atoms with E-state index < -0.39 is 0 Å². The van der Waals surface area contributed by atoms with Crippen molar-refractivity contribution in [3.63, 3.8) is 0 Å². The SMILES string of the molecule is N[C@H]1CC[C@H](Cn2c(=O)n(CC(=O)c3ccccc3)c3ccccc32)CC1. The Balaban J connectivity index is 1.66. The fourth-order valence-electron chi connectivity index (χ4n) is 4.09. The minimum Gasteiger partial charge on any atom is -0.328 e. The van der Waals surface area contributed by atoms with Gasteiger partial charge in [-0.15, -0.1) is 0 Å². The Labute approximate surface area is 158 Å². The van der Waals surface area contributed by atoms with Crippen molar-refractivity contribution in [1.29, 1.82) is 0 Å². The number of benzene rings is 2. The predicted molar refractivity (Wildman–Crippen MR) is 107 cm³/mol. The highest BCUT2D eigenvalue weighted by Crippen LogP contribution is 2.25. The largest absolute Gasteiger partial charge is 0.329 e. The van der Waals surface area contributed by atoms with Crippen molar-refractivity contribution in [2.24, 2.45) is 11.7 Å². The van der Waals surface area contributed by atoms with Crippen LogP contribution in [0.2, 0.25) is 0 Å². The van der Waals surface area contributed by atoms with Crippen molar-refractivity contribution >= 4 is 16.8 Å². The molecule has 0 radical (unpaired) electrons. The maximum Gasteiger partial charge on any atom is 0.329 e. The lowest BCUT2D eigenvalue weighted by Gasteiger charge is -2.26. The van der Waals surface area contributed by atoms with E-state index in [1.54, 1.807) is 16.7 Å². The molecule has 1 saturated carbocycles. The minimum atomic E-state index is -0.102. The second kappa shape index (κ2) is 7.53. The lowest BCUT2D eigenvalue weighted by Crippen LogP contribution is -2.32. The van der Waals surface area contributed by atoms with E-state index in [0.717, 1.165) is 36.7 Å². The summed E-state index contributed by atoms with van der Waals surface area (Å²) in [4.78, 5) is 25.8. The van der Waals surface area contributed by atoms with Crippen LogP contribution in [-0.4, -0.2) is 21.0 Å². The fraction of sp³-hybridized carbons (Fsp3) is 0.364. The van der Waals surface area contributed by atoms with Crippen LogP contribution in [0.4, 0.5) is 0 Å². The summed E-state index contributed by atoms with van der Waals surface area (Å²) in [5.74, 6) is 0.413. The van der Waals surface area contributed by atoms with Gasteiger partial charge in [-0.25, -0.2) is 4.79 Å². The van der Waals surface area contributed by atoms with Crippen molar-refractivity contribution in [2.75, 3.05) is 0 Å². The topological polar surface area (TPSA) is 70.0 Å². The molecule has 1 fully saturated rings. The molecule has 1 aliphatic carbocycles. The summed E-state index contributed by atoms with van der Waals surface area (Å²) in [6.07, 6.45) is 4.14. The number of carbonyl (C=O) groups excluding carboxylic acids is 1. The molecule has 0 aliphatic heterocycles. The summed E-state index contributed by atoms with van der Waals surface area (Å²) in [6, 6.07) is 17.2. The molecule has 1 aromatic heterocycles.